The summed E-state index contributed by atoms with van der Waals surface area (Å²) in [6, 6.07) is 7.23. The first-order chi connectivity index (χ1) is 12.0. The summed E-state index contributed by atoms with van der Waals surface area (Å²) in [7, 11) is 3.76. The zero-order chi connectivity index (χ0) is 17.9. The predicted molar refractivity (Wildman–Crippen MR) is 100 cm³/mol. The molecule has 134 valence electrons. The second-order valence-corrected chi connectivity index (χ2v) is 6.89. The largest absolute Gasteiger partial charge is 0.493 e. The lowest BCUT2D eigenvalue weighted by molar-refractivity contribution is -0.915. The van der Waals surface area contributed by atoms with E-state index in [2.05, 4.69) is 12.4 Å². The summed E-state index contributed by atoms with van der Waals surface area (Å²) in [5.41, 5.74) is 0.356. The van der Waals surface area contributed by atoms with Crippen molar-refractivity contribution in [3.05, 3.63) is 40.2 Å². The Morgan fingerprint density at radius 3 is 2.84 bits per heavy atom. The minimum absolute atomic E-state index is 0.375. The van der Waals surface area contributed by atoms with Crippen LogP contribution in [0.3, 0.4) is 0 Å². The van der Waals surface area contributed by atoms with E-state index in [0.29, 0.717) is 28.4 Å². The first kappa shape index (κ1) is 17.8. The van der Waals surface area contributed by atoms with E-state index in [1.165, 1.54) is 0 Å². The molecule has 1 aliphatic heterocycles. The fourth-order valence-electron chi connectivity index (χ4n) is 2.98. The van der Waals surface area contributed by atoms with Gasteiger partial charge in [-0.3, -0.25) is 0 Å². The van der Waals surface area contributed by atoms with Crippen LogP contribution < -0.4 is 15.7 Å². The first-order valence-electron chi connectivity index (χ1n) is 8.33. The molecule has 1 fully saturated rings. The van der Waals surface area contributed by atoms with E-state index in [9.17, 15) is 4.79 Å². The fraction of sp³-hybridized carbons (Fsp3) is 0.444. The van der Waals surface area contributed by atoms with Crippen molar-refractivity contribution < 1.29 is 18.4 Å². The van der Waals surface area contributed by atoms with E-state index < -0.39 is 5.63 Å². The van der Waals surface area contributed by atoms with Crippen molar-refractivity contribution in [2.45, 2.75) is 0 Å². The predicted octanol–water partition coefficient (Wildman–Crippen LogP) is 1.54. The summed E-state index contributed by atoms with van der Waals surface area (Å²) in [6.45, 7) is 5.19. The van der Waals surface area contributed by atoms with E-state index in [1.54, 1.807) is 19.2 Å². The average Bonchev–Trinajstić information content (AvgIpc) is 2.61. The Balaban J connectivity index is 1.71. The van der Waals surface area contributed by atoms with Crippen LogP contribution in [0, 0.1) is 0 Å². The molecule has 0 unspecified atom stereocenters. The Labute approximate surface area is 151 Å². The molecule has 1 aliphatic rings. The molecule has 6 nitrogen and oxygen atoms in total. The number of nitrogens with zero attached hydrogens (tertiary/aromatic N) is 1. The molecule has 0 radical (unpaired) electrons. The highest BCUT2D eigenvalue weighted by atomic mass is 32.1. The molecule has 0 spiro atoms. The van der Waals surface area contributed by atoms with Crippen molar-refractivity contribution in [1.29, 1.82) is 0 Å². The van der Waals surface area contributed by atoms with Gasteiger partial charge >= 0.3 is 5.63 Å². The summed E-state index contributed by atoms with van der Waals surface area (Å²) in [5.74, 6) is 0.532. The van der Waals surface area contributed by atoms with Gasteiger partial charge in [-0.05, 0) is 12.1 Å². The van der Waals surface area contributed by atoms with Gasteiger partial charge in [-0.1, -0.05) is 24.4 Å². The lowest BCUT2D eigenvalue weighted by atomic mass is 10.1. The zero-order valence-corrected chi connectivity index (χ0v) is 15.4. The molecule has 1 saturated heterocycles. The molecular weight excluding hydrogens is 340 g/mol. The molecule has 0 amide bonds. The second kappa shape index (κ2) is 7.51. The molecular formula is C18H23N2O4S+. The third-order valence-corrected chi connectivity index (χ3v) is 5.04. The van der Waals surface area contributed by atoms with Gasteiger partial charge in [-0.25, -0.2) is 4.79 Å². The molecule has 1 aromatic heterocycles. The van der Waals surface area contributed by atoms with Crippen molar-refractivity contribution in [2.75, 3.05) is 53.6 Å². The van der Waals surface area contributed by atoms with Crippen LogP contribution >= 0.6 is 12.2 Å². The van der Waals surface area contributed by atoms with E-state index in [0.717, 1.165) is 42.7 Å². The number of hydrogen-bond acceptors (Lipinski definition) is 5. The lowest BCUT2D eigenvalue weighted by Gasteiger charge is -2.37. The molecule has 0 atom stereocenters. The summed E-state index contributed by atoms with van der Waals surface area (Å²) in [5, 5.41) is 3.97. The maximum atomic E-state index is 12.3. The first-order valence-corrected chi connectivity index (χ1v) is 8.74. The Bertz CT molecular complexity index is 827. The third-order valence-electron chi connectivity index (χ3n) is 4.68. The van der Waals surface area contributed by atoms with Gasteiger partial charge in [0.15, 0.2) is 11.3 Å². The molecule has 1 N–H and O–H groups in total. The number of fused-ring (bicyclic) bond motifs is 1. The van der Waals surface area contributed by atoms with Gasteiger partial charge in [0.05, 0.1) is 46.0 Å². The number of morpholine rings is 1. The van der Waals surface area contributed by atoms with Crippen molar-refractivity contribution in [1.82, 2.24) is 5.32 Å². The molecule has 3 rings (SSSR count). The van der Waals surface area contributed by atoms with Crippen molar-refractivity contribution in [3.8, 4) is 5.75 Å². The van der Waals surface area contributed by atoms with Gasteiger partial charge in [-0.2, -0.15) is 0 Å². The second-order valence-electron chi connectivity index (χ2n) is 6.48. The van der Waals surface area contributed by atoms with Crippen molar-refractivity contribution >= 4 is 28.2 Å². The molecule has 1 aromatic carbocycles. The quantitative estimate of drug-likeness (QED) is 0.494. The fourth-order valence-corrected chi connectivity index (χ4v) is 3.22. The number of nitrogens with one attached hydrogen (secondary N) is 1. The lowest BCUT2D eigenvalue weighted by Crippen LogP contribution is -2.54. The molecule has 25 heavy (non-hydrogen) atoms. The van der Waals surface area contributed by atoms with E-state index in [-0.39, 0.29) is 0 Å². The minimum atomic E-state index is -0.457. The van der Waals surface area contributed by atoms with E-state index in [1.807, 2.05) is 12.1 Å². The highest BCUT2D eigenvalue weighted by Gasteiger charge is 2.24. The number of likely N-dealkylation sites (N-methyl/N-ethyl adjacent to an activating group) is 1. The van der Waals surface area contributed by atoms with Crippen LogP contribution in [0.2, 0.25) is 0 Å². The van der Waals surface area contributed by atoms with Gasteiger partial charge in [0.2, 0.25) is 0 Å². The summed E-state index contributed by atoms with van der Waals surface area (Å²) < 4.78 is 17.0. The van der Waals surface area contributed by atoms with Gasteiger partial charge in [0.1, 0.15) is 18.1 Å². The Hall–Kier alpha value is -1.96. The van der Waals surface area contributed by atoms with Gasteiger partial charge < -0.3 is 23.7 Å². The molecule has 0 aliphatic carbocycles. The number of methoxy groups -OCH3 is 1. The smallest absolute Gasteiger partial charge is 0.346 e. The normalized spacial score (nSPS) is 16.6. The van der Waals surface area contributed by atoms with Gasteiger partial charge in [0, 0.05) is 5.39 Å². The molecule has 7 heteroatoms. The van der Waals surface area contributed by atoms with Crippen LogP contribution in [0.5, 0.6) is 5.75 Å². The standard InChI is InChI=1S/C18H22N2O4S/c1-20(8-10-23-11-9-20)7-6-19-17(25)14-12-13-4-3-5-15(22-2)16(13)24-18(14)21/h3-5,12H,6-11H2,1-2H3/p+1. The SMILES string of the molecule is COc1cccc2cc(C(=S)NCC[N+]3(C)CCOCC3)c(=O)oc12. The highest BCUT2D eigenvalue weighted by Crippen LogP contribution is 2.24. The monoisotopic (exact) mass is 363 g/mol. The van der Waals surface area contributed by atoms with Gasteiger partial charge in [0.25, 0.3) is 0 Å². The van der Waals surface area contributed by atoms with Crippen LogP contribution in [0.4, 0.5) is 0 Å². The number of hydrogen-bond donors (Lipinski definition) is 1. The van der Waals surface area contributed by atoms with E-state index >= 15 is 0 Å². The molecule has 2 aromatic rings. The zero-order valence-electron chi connectivity index (χ0n) is 14.5. The average molecular weight is 363 g/mol. The number of rotatable bonds is 5. The van der Waals surface area contributed by atoms with Crippen LogP contribution in [-0.4, -0.2) is 63.0 Å². The summed E-state index contributed by atoms with van der Waals surface area (Å²) in [6.07, 6.45) is 0. The Morgan fingerprint density at radius 1 is 1.36 bits per heavy atom. The number of ether oxygens (including phenoxy) is 2. The maximum absolute atomic E-state index is 12.3. The van der Waals surface area contributed by atoms with Crippen molar-refractivity contribution in [3.63, 3.8) is 0 Å². The summed E-state index contributed by atoms with van der Waals surface area (Å²) in [4.78, 5) is 12.7. The minimum Gasteiger partial charge on any atom is -0.493 e. The topological polar surface area (TPSA) is 60.7 Å². The maximum Gasteiger partial charge on any atom is 0.346 e. The van der Waals surface area contributed by atoms with Crippen LogP contribution in [0.25, 0.3) is 11.0 Å². The Kier molecular flexibility index (Phi) is 5.36. The van der Waals surface area contributed by atoms with Crippen LogP contribution in [-0.2, 0) is 4.74 Å². The third kappa shape index (κ3) is 4.00. The molecule has 0 bridgehead atoms. The Morgan fingerprint density at radius 2 is 2.12 bits per heavy atom. The van der Waals surface area contributed by atoms with Gasteiger partial charge in [-0.15, -0.1) is 0 Å². The van der Waals surface area contributed by atoms with Crippen LogP contribution in [0.15, 0.2) is 33.5 Å². The molecule has 0 saturated carbocycles. The number of thiocarbonyl (C=S) groups is 1. The number of benzene rings is 1. The number of quaternary nitrogens is 1. The van der Waals surface area contributed by atoms with E-state index in [4.69, 9.17) is 26.1 Å². The van der Waals surface area contributed by atoms with Crippen molar-refractivity contribution in [2.24, 2.45) is 0 Å². The summed E-state index contributed by atoms with van der Waals surface area (Å²) >= 11 is 5.40. The number of para-hydroxylation sites is 1. The van der Waals surface area contributed by atoms with Crippen LogP contribution in [0.1, 0.15) is 5.56 Å². The highest BCUT2D eigenvalue weighted by molar-refractivity contribution is 7.80. The molecule has 2 heterocycles.